The van der Waals surface area contributed by atoms with E-state index in [1.807, 2.05) is 0 Å². The summed E-state index contributed by atoms with van der Waals surface area (Å²) in [4.78, 5) is 151. The van der Waals surface area contributed by atoms with Gasteiger partial charge in [-0.1, -0.05) is 0 Å². The van der Waals surface area contributed by atoms with Crippen molar-refractivity contribution in [2.75, 3.05) is 12.3 Å². The normalized spacial score (nSPS) is 17.8. The van der Waals surface area contributed by atoms with E-state index in [0.29, 0.717) is 0 Å². The summed E-state index contributed by atoms with van der Waals surface area (Å²) in [5.41, 5.74) is 5.50. The van der Waals surface area contributed by atoms with Crippen LogP contribution < -0.4 is 11.3 Å². The molecule has 0 aliphatic carbocycles. The SMILES string of the molecule is Nc1nc2c(ncn2[C@H]2C[C@H](O)[C@@H](CO)O2)c(=O)[nH]1.O=P(O)(O)O.O=P(O)(O)O.O=P(O)(O)O.O=P(O)(O)O.O=P(O)(O)O.O=P(O)(O)O. The van der Waals surface area contributed by atoms with Gasteiger partial charge in [0.15, 0.2) is 11.2 Å². The zero-order valence-corrected chi connectivity index (χ0v) is 28.4. The molecule has 1 saturated heterocycles. The lowest BCUT2D eigenvalue weighted by atomic mass is 10.2. The Hall–Kier alpha value is -1.31. The third-order valence-corrected chi connectivity index (χ3v) is 3.15. The third-order valence-electron chi connectivity index (χ3n) is 3.15. The van der Waals surface area contributed by atoms with E-state index >= 15 is 0 Å². The molecule has 1 aliphatic heterocycles. The topological polar surface area (TPSA) is 606 Å². The van der Waals surface area contributed by atoms with Crippen LogP contribution in [0.25, 0.3) is 11.2 Å². The van der Waals surface area contributed by atoms with Crippen molar-refractivity contribution in [3.05, 3.63) is 16.7 Å². The highest BCUT2D eigenvalue weighted by Crippen LogP contribution is 2.30. The zero-order chi connectivity index (χ0) is 40.6. The number of fused-ring (bicyclic) bond motifs is 1. The van der Waals surface area contributed by atoms with Crippen LogP contribution in [0.3, 0.4) is 0 Å². The Kier molecular flexibility index (Phi) is 25.1. The maximum Gasteiger partial charge on any atom is 0.466 e. The van der Waals surface area contributed by atoms with Gasteiger partial charge in [0.1, 0.15) is 12.3 Å². The summed E-state index contributed by atoms with van der Waals surface area (Å²) in [6.45, 7) is -0.277. The number of nitrogens with two attached hydrogens (primary N) is 1. The molecule has 294 valence electrons. The summed E-state index contributed by atoms with van der Waals surface area (Å²) in [5, 5.41) is 18.8. The van der Waals surface area contributed by atoms with Gasteiger partial charge in [-0.2, -0.15) is 4.98 Å². The fourth-order valence-corrected chi connectivity index (χ4v) is 2.20. The van der Waals surface area contributed by atoms with Gasteiger partial charge in [-0.05, 0) is 0 Å². The van der Waals surface area contributed by atoms with Crippen molar-refractivity contribution < 1.29 is 130 Å². The van der Waals surface area contributed by atoms with E-state index in [-0.39, 0.29) is 30.1 Å². The molecule has 1 aliphatic rings. The number of phosphoric acid groups is 6. The number of aliphatic hydroxyl groups excluding tert-OH is 2. The van der Waals surface area contributed by atoms with Gasteiger partial charge in [-0.3, -0.25) is 14.3 Å². The number of hydrogen-bond acceptors (Lipinski definition) is 13. The first-order chi connectivity index (χ1) is 21.1. The van der Waals surface area contributed by atoms with Gasteiger partial charge in [0.25, 0.3) is 5.56 Å². The molecule has 1 fully saturated rings. The first kappa shape index (κ1) is 54.5. The Morgan fingerprint density at radius 3 is 1.29 bits per heavy atom. The largest absolute Gasteiger partial charge is 0.466 e. The number of rotatable bonds is 2. The van der Waals surface area contributed by atoms with Crippen LogP contribution in [0.1, 0.15) is 12.6 Å². The number of imidazole rings is 1. The average Bonchev–Trinajstić information content (AvgIpc) is 3.29. The molecular formula is C10H31N5O28P6. The summed E-state index contributed by atoms with van der Waals surface area (Å²) in [6.07, 6.45) is -0.270. The Balaban J connectivity index is -0.000000280. The Labute approximate surface area is 268 Å². The van der Waals surface area contributed by atoms with E-state index in [0.717, 1.165) is 0 Å². The molecule has 0 aromatic carbocycles. The lowest BCUT2D eigenvalue weighted by molar-refractivity contribution is -0.0432. The number of nitrogen functional groups attached to an aromatic ring is 1. The Morgan fingerprint density at radius 2 is 1.02 bits per heavy atom. The number of hydrogen-bond donors (Lipinski definition) is 22. The molecule has 3 heterocycles. The lowest BCUT2D eigenvalue weighted by Gasteiger charge is -2.13. The number of aromatic nitrogens is 4. The summed E-state index contributed by atoms with van der Waals surface area (Å²) in [7, 11) is -27.8. The summed E-state index contributed by atoms with van der Waals surface area (Å²) < 4.78 is 60.3. The van der Waals surface area contributed by atoms with Crippen LogP contribution in [0, 0.1) is 0 Å². The quantitative estimate of drug-likeness (QED) is 0.125. The standard InChI is InChI=1S/C10H13N5O4.6H3O4P/c11-10-13-8-7(9(18)14-10)12-3-15(8)6-1-4(17)5(2-16)19-6;6*1-5(2,3)4/h3-6,16-17H,1-2H2,(H3,11,13,14,18);6*(H3,1,2,3,4)/t4-,5+,6+;;;;;;/m0....../s1. The minimum absolute atomic E-state index is 0.0171. The summed E-state index contributed by atoms with van der Waals surface area (Å²) in [5.74, 6) is -0.0171. The van der Waals surface area contributed by atoms with Crippen LogP contribution in [0.15, 0.2) is 11.1 Å². The van der Waals surface area contributed by atoms with E-state index in [1.54, 1.807) is 0 Å². The molecule has 39 heteroatoms. The highest BCUT2D eigenvalue weighted by atomic mass is 31.2. The van der Waals surface area contributed by atoms with Crippen molar-refractivity contribution in [3.8, 4) is 0 Å². The van der Waals surface area contributed by atoms with Gasteiger partial charge in [0.05, 0.1) is 19.0 Å². The molecule has 3 atom stereocenters. The fraction of sp³-hybridized carbons (Fsp3) is 0.500. The van der Waals surface area contributed by atoms with Crippen molar-refractivity contribution in [2.24, 2.45) is 0 Å². The summed E-state index contributed by atoms with van der Waals surface area (Å²) in [6, 6.07) is 0. The monoisotopic (exact) mass is 855 g/mol. The van der Waals surface area contributed by atoms with Crippen LogP contribution >= 0.6 is 46.9 Å². The molecule has 0 amide bonds. The van der Waals surface area contributed by atoms with E-state index in [4.69, 9.17) is 131 Å². The Bertz CT molecular complexity index is 1390. The van der Waals surface area contributed by atoms with Crippen LogP contribution in [0.2, 0.25) is 0 Å². The van der Waals surface area contributed by atoms with Gasteiger partial charge in [0.2, 0.25) is 5.95 Å². The third kappa shape index (κ3) is 53.7. The second-order valence-electron chi connectivity index (χ2n) is 7.47. The van der Waals surface area contributed by atoms with Crippen LogP contribution in [-0.2, 0) is 32.1 Å². The number of anilines is 1. The fourth-order valence-electron chi connectivity index (χ4n) is 2.20. The molecule has 33 nitrogen and oxygen atoms in total. The number of aromatic amines is 1. The smallest absolute Gasteiger partial charge is 0.394 e. The summed E-state index contributed by atoms with van der Waals surface area (Å²) >= 11 is 0. The molecule has 0 spiro atoms. The van der Waals surface area contributed by atoms with Crippen LogP contribution in [0.4, 0.5) is 5.95 Å². The van der Waals surface area contributed by atoms with E-state index in [9.17, 15) is 9.90 Å². The van der Waals surface area contributed by atoms with Gasteiger partial charge in [0, 0.05) is 6.42 Å². The molecule has 0 bridgehead atoms. The molecule has 2 aromatic rings. The molecule has 23 N–H and O–H groups in total. The number of nitrogens with one attached hydrogen (secondary N) is 1. The molecule has 0 saturated carbocycles. The highest BCUT2D eigenvalue weighted by molar-refractivity contribution is 7.46. The van der Waals surface area contributed by atoms with Gasteiger partial charge < -0.3 is 109 Å². The second-order valence-corrected chi connectivity index (χ2v) is 13.6. The average molecular weight is 855 g/mol. The predicted octanol–water partition coefficient (Wildman–Crippen LogP) is -7.23. The predicted molar refractivity (Wildman–Crippen MR) is 150 cm³/mol. The highest BCUT2D eigenvalue weighted by Gasteiger charge is 2.35. The van der Waals surface area contributed by atoms with Gasteiger partial charge in [-0.25, -0.2) is 32.4 Å². The molecule has 49 heavy (non-hydrogen) atoms. The second kappa shape index (κ2) is 22.6. The number of ether oxygens (including phenoxy) is 1. The molecule has 3 rings (SSSR count). The minimum atomic E-state index is -4.64. The van der Waals surface area contributed by atoms with Crippen molar-refractivity contribution in [2.45, 2.75) is 24.9 Å². The molecule has 2 aromatic heterocycles. The zero-order valence-electron chi connectivity index (χ0n) is 23.0. The molecular weight excluding hydrogens is 824 g/mol. The van der Waals surface area contributed by atoms with Gasteiger partial charge >= 0.3 is 46.9 Å². The van der Waals surface area contributed by atoms with E-state index in [2.05, 4.69) is 15.0 Å². The molecule has 0 unspecified atom stereocenters. The van der Waals surface area contributed by atoms with Crippen molar-refractivity contribution >= 4 is 64.0 Å². The number of H-pyrrole nitrogens is 1. The maximum absolute atomic E-state index is 11.6. The van der Waals surface area contributed by atoms with Gasteiger partial charge in [-0.15, -0.1) is 0 Å². The van der Waals surface area contributed by atoms with Crippen molar-refractivity contribution in [1.82, 2.24) is 19.5 Å². The van der Waals surface area contributed by atoms with Crippen molar-refractivity contribution in [3.63, 3.8) is 0 Å². The van der Waals surface area contributed by atoms with Crippen LogP contribution in [0.5, 0.6) is 0 Å². The first-order valence-electron chi connectivity index (χ1n) is 10.5. The van der Waals surface area contributed by atoms with E-state index < -0.39 is 70.9 Å². The Morgan fingerprint density at radius 1 is 0.714 bits per heavy atom. The number of nitrogens with zero attached hydrogens (tertiary/aromatic N) is 3. The minimum Gasteiger partial charge on any atom is -0.394 e. The van der Waals surface area contributed by atoms with Crippen LogP contribution in [-0.4, -0.2) is 137 Å². The van der Waals surface area contributed by atoms with E-state index in [1.165, 1.54) is 10.9 Å². The number of aliphatic hydroxyl groups is 2. The molecule has 0 radical (unpaired) electrons. The lowest BCUT2D eigenvalue weighted by Crippen LogP contribution is -2.24. The maximum atomic E-state index is 11.6. The first-order valence-corrected chi connectivity index (χ1v) is 19.9. The van der Waals surface area contributed by atoms with Crippen molar-refractivity contribution in [1.29, 1.82) is 0 Å².